The fraction of sp³-hybridized carbons (Fsp3) is 0.583. The first-order chi connectivity index (χ1) is 9.55. The number of aliphatic hydroxyl groups excluding tert-OH is 2. The lowest BCUT2D eigenvalue weighted by molar-refractivity contribution is -0.0246. The first kappa shape index (κ1) is 14.6. The van der Waals surface area contributed by atoms with E-state index in [4.69, 9.17) is 15.6 Å². The van der Waals surface area contributed by atoms with Crippen LogP contribution in [0.3, 0.4) is 0 Å². The molecule has 1 aliphatic heterocycles. The Morgan fingerprint density at radius 2 is 2.30 bits per heavy atom. The van der Waals surface area contributed by atoms with Crippen molar-refractivity contribution < 1.29 is 14.9 Å². The minimum absolute atomic E-state index is 0.0889. The van der Waals surface area contributed by atoms with E-state index in [1.54, 1.807) is 0 Å². The molecule has 3 atom stereocenters. The predicted octanol–water partition coefficient (Wildman–Crippen LogP) is -1.24. The summed E-state index contributed by atoms with van der Waals surface area (Å²) in [6.07, 6.45) is 0.909. The summed E-state index contributed by atoms with van der Waals surface area (Å²) < 4.78 is 6.83. The van der Waals surface area contributed by atoms with Crippen LogP contribution in [-0.4, -0.2) is 49.7 Å². The fourth-order valence-electron chi connectivity index (χ4n) is 2.26. The van der Waals surface area contributed by atoms with Gasteiger partial charge in [0.2, 0.25) is 5.95 Å². The average Bonchev–Trinajstić information content (AvgIpc) is 2.77. The minimum Gasteiger partial charge on any atom is -0.394 e. The molecular formula is C12H18N4O4. The molecule has 8 nitrogen and oxygen atoms in total. The van der Waals surface area contributed by atoms with Crippen LogP contribution in [-0.2, 0) is 11.3 Å². The van der Waals surface area contributed by atoms with Crippen LogP contribution >= 0.6 is 0 Å². The molecular weight excluding hydrogens is 264 g/mol. The number of ether oxygens (including phenoxy) is 1. The molecule has 0 bridgehead atoms. The first-order valence-electron chi connectivity index (χ1n) is 6.36. The minimum atomic E-state index is -0.678. The summed E-state index contributed by atoms with van der Waals surface area (Å²) in [5, 5.41) is 18.6. The summed E-state index contributed by atoms with van der Waals surface area (Å²) in [6, 6.07) is 0. The maximum atomic E-state index is 11.8. The number of rotatable bonds is 5. The van der Waals surface area contributed by atoms with Crippen molar-refractivity contribution in [3.8, 4) is 0 Å². The third-order valence-corrected chi connectivity index (χ3v) is 3.28. The van der Waals surface area contributed by atoms with Gasteiger partial charge in [-0.3, -0.25) is 4.57 Å². The van der Waals surface area contributed by atoms with Crippen molar-refractivity contribution in [2.75, 3.05) is 12.3 Å². The van der Waals surface area contributed by atoms with E-state index in [0.29, 0.717) is 25.2 Å². The van der Waals surface area contributed by atoms with Crippen LogP contribution < -0.4 is 11.4 Å². The predicted molar refractivity (Wildman–Crippen MR) is 71.8 cm³/mol. The monoisotopic (exact) mass is 282 g/mol. The molecule has 0 spiro atoms. The van der Waals surface area contributed by atoms with Gasteiger partial charge in [0.25, 0.3) is 0 Å². The van der Waals surface area contributed by atoms with Gasteiger partial charge in [-0.05, 0) is 12.5 Å². The molecule has 1 aromatic rings. The molecule has 4 N–H and O–H groups in total. The van der Waals surface area contributed by atoms with E-state index in [2.05, 4.69) is 16.5 Å². The van der Waals surface area contributed by atoms with Gasteiger partial charge in [-0.15, -0.1) is 0 Å². The van der Waals surface area contributed by atoms with Gasteiger partial charge in [0.15, 0.2) is 0 Å². The highest BCUT2D eigenvalue weighted by molar-refractivity contribution is 5.38. The van der Waals surface area contributed by atoms with Crippen LogP contribution in [0.25, 0.3) is 6.08 Å². The van der Waals surface area contributed by atoms with E-state index in [-0.39, 0.29) is 18.7 Å². The summed E-state index contributed by atoms with van der Waals surface area (Å²) in [5.74, 6) is 0.258. The van der Waals surface area contributed by atoms with Crippen LogP contribution in [0.15, 0.2) is 11.4 Å². The molecule has 1 aromatic heterocycles. The molecule has 0 radical (unpaired) electrons. The van der Waals surface area contributed by atoms with Gasteiger partial charge < -0.3 is 20.7 Å². The Morgan fingerprint density at radius 3 is 2.90 bits per heavy atom. The van der Waals surface area contributed by atoms with E-state index < -0.39 is 17.9 Å². The Morgan fingerprint density at radius 1 is 1.55 bits per heavy atom. The topological polar surface area (TPSA) is 123 Å². The van der Waals surface area contributed by atoms with Crippen LogP contribution in [0.4, 0.5) is 5.95 Å². The van der Waals surface area contributed by atoms with Gasteiger partial charge in [0.05, 0.1) is 18.8 Å². The smallest absolute Gasteiger partial charge is 0.352 e. The lowest BCUT2D eigenvalue weighted by atomic mass is 10.1. The van der Waals surface area contributed by atoms with Gasteiger partial charge in [-0.25, -0.2) is 4.79 Å². The summed E-state index contributed by atoms with van der Waals surface area (Å²) in [7, 11) is 0. The molecule has 2 heterocycles. The third kappa shape index (κ3) is 3.03. The zero-order chi connectivity index (χ0) is 14.7. The Labute approximate surface area is 115 Å². The molecule has 0 unspecified atom stereocenters. The highest BCUT2D eigenvalue weighted by atomic mass is 16.5. The van der Waals surface area contributed by atoms with Crippen LogP contribution in [0, 0.1) is 0 Å². The molecule has 1 fully saturated rings. The second kappa shape index (κ2) is 6.12. The van der Waals surface area contributed by atoms with Gasteiger partial charge >= 0.3 is 5.69 Å². The van der Waals surface area contributed by atoms with Crippen molar-refractivity contribution in [3.05, 3.63) is 22.9 Å². The Hall–Kier alpha value is -1.77. The Bertz CT molecular complexity index is 545. The summed E-state index contributed by atoms with van der Waals surface area (Å²) >= 11 is 0. The van der Waals surface area contributed by atoms with Crippen molar-refractivity contribution in [1.82, 2.24) is 14.5 Å². The summed E-state index contributed by atoms with van der Waals surface area (Å²) in [6.45, 7) is 3.69. The SMILES string of the molecule is C=Cc1nc(N)nc(=O)n1CC[C@H]1C[C@H](O)[C@@H](CO)O1. The quantitative estimate of drug-likeness (QED) is 0.617. The number of nitrogen functional groups attached to an aromatic ring is 1. The molecule has 110 valence electrons. The molecule has 2 rings (SSSR count). The van der Waals surface area contributed by atoms with Gasteiger partial charge in [0, 0.05) is 13.0 Å². The van der Waals surface area contributed by atoms with Crippen LogP contribution in [0.1, 0.15) is 18.7 Å². The maximum absolute atomic E-state index is 11.8. The number of anilines is 1. The second-order valence-electron chi connectivity index (χ2n) is 4.65. The number of nitrogens with two attached hydrogens (primary N) is 1. The van der Waals surface area contributed by atoms with Gasteiger partial charge in [0.1, 0.15) is 11.9 Å². The molecule has 1 aliphatic rings. The lowest BCUT2D eigenvalue weighted by Crippen LogP contribution is -2.29. The summed E-state index contributed by atoms with van der Waals surface area (Å²) in [4.78, 5) is 19.3. The highest BCUT2D eigenvalue weighted by Gasteiger charge is 2.33. The number of aliphatic hydroxyl groups is 2. The fourth-order valence-corrected chi connectivity index (χ4v) is 2.26. The van der Waals surface area contributed by atoms with E-state index in [9.17, 15) is 9.90 Å². The Kier molecular flexibility index (Phi) is 4.48. The average molecular weight is 282 g/mol. The van der Waals surface area contributed by atoms with Crippen molar-refractivity contribution >= 4 is 12.0 Å². The molecule has 1 saturated heterocycles. The number of aromatic nitrogens is 3. The van der Waals surface area contributed by atoms with Crippen molar-refractivity contribution in [2.45, 2.75) is 37.7 Å². The maximum Gasteiger partial charge on any atom is 0.352 e. The zero-order valence-electron chi connectivity index (χ0n) is 11.0. The molecule has 0 aliphatic carbocycles. The first-order valence-corrected chi connectivity index (χ1v) is 6.36. The molecule has 8 heteroatoms. The number of nitrogens with zero attached hydrogens (tertiary/aromatic N) is 3. The molecule has 0 aromatic carbocycles. The number of hydrogen-bond acceptors (Lipinski definition) is 7. The molecule has 0 amide bonds. The van der Waals surface area contributed by atoms with Gasteiger partial charge in [-0.2, -0.15) is 9.97 Å². The van der Waals surface area contributed by atoms with Crippen molar-refractivity contribution in [1.29, 1.82) is 0 Å². The van der Waals surface area contributed by atoms with Crippen molar-refractivity contribution in [3.63, 3.8) is 0 Å². The van der Waals surface area contributed by atoms with Crippen LogP contribution in [0.5, 0.6) is 0 Å². The molecule has 0 saturated carbocycles. The van der Waals surface area contributed by atoms with E-state index in [0.717, 1.165) is 0 Å². The van der Waals surface area contributed by atoms with E-state index >= 15 is 0 Å². The lowest BCUT2D eigenvalue weighted by Gasteiger charge is -2.13. The van der Waals surface area contributed by atoms with E-state index in [1.807, 2.05) is 0 Å². The largest absolute Gasteiger partial charge is 0.394 e. The molecule has 20 heavy (non-hydrogen) atoms. The summed E-state index contributed by atoms with van der Waals surface area (Å²) in [5.41, 5.74) is 4.91. The zero-order valence-corrected chi connectivity index (χ0v) is 11.0. The van der Waals surface area contributed by atoms with E-state index in [1.165, 1.54) is 10.6 Å². The third-order valence-electron chi connectivity index (χ3n) is 3.28. The standard InChI is InChI=1S/C12H18N4O4/c1-2-10-14-11(13)15-12(19)16(10)4-3-7-5-8(18)9(6-17)20-7/h2,7-9,17-18H,1,3-6H2,(H2,13,15,19)/t7-,8-,9+/m0/s1. The Balaban J connectivity index is 2.05. The normalized spacial score (nSPS) is 25.8. The second-order valence-corrected chi connectivity index (χ2v) is 4.65. The van der Waals surface area contributed by atoms with Gasteiger partial charge in [-0.1, -0.05) is 6.58 Å². The van der Waals surface area contributed by atoms with Crippen LogP contribution in [0.2, 0.25) is 0 Å². The number of hydrogen-bond donors (Lipinski definition) is 3. The van der Waals surface area contributed by atoms with Crippen molar-refractivity contribution in [2.24, 2.45) is 0 Å². The highest BCUT2D eigenvalue weighted by Crippen LogP contribution is 2.22.